The van der Waals surface area contributed by atoms with Gasteiger partial charge in [0.15, 0.2) is 0 Å². The third-order valence-corrected chi connectivity index (χ3v) is 2.48. The molecule has 1 atom stereocenters. The Bertz CT molecular complexity index is 414. The molecule has 100 valence electrons. The zero-order chi connectivity index (χ0) is 13.7. The van der Waals surface area contributed by atoms with E-state index >= 15 is 0 Å². The highest BCUT2D eigenvalue weighted by Gasteiger charge is 2.16. The van der Waals surface area contributed by atoms with E-state index in [0.29, 0.717) is 12.8 Å². The number of benzene rings is 1. The molecule has 0 amide bonds. The van der Waals surface area contributed by atoms with Crippen molar-refractivity contribution in [1.29, 1.82) is 0 Å². The fraction of sp³-hybridized carbons (Fsp3) is 0.417. The molecule has 1 aromatic rings. The first-order valence-corrected chi connectivity index (χ1v) is 5.55. The molecule has 18 heavy (non-hydrogen) atoms. The van der Waals surface area contributed by atoms with Gasteiger partial charge in [-0.1, -0.05) is 0 Å². The van der Waals surface area contributed by atoms with Gasteiger partial charge >= 0.3 is 5.97 Å². The highest BCUT2D eigenvalue weighted by molar-refractivity contribution is 5.88. The first-order valence-electron chi connectivity index (χ1n) is 5.55. The molecule has 6 heteroatoms. The maximum atomic E-state index is 13.5. The molecular weight excluding hydrogens is 244 g/mol. The average Bonchev–Trinajstić information content (AvgIpc) is 2.30. The number of rotatable bonds is 6. The molecule has 1 aromatic carbocycles. The summed E-state index contributed by atoms with van der Waals surface area (Å²) in [5.41, 5.74) is -0.774. The first kappa shape index (κ1) is 14.4. The van der Waals surface area contributed by atoms with E-state index < -0.39 is 23.2 Å². The summed E-state index contributed by atoms with van der Waals surface area (Å²) in [6.07, 6.45) is 1.07. The maximum Gasteiger partial charge on any atom is 0.335 e. The van der Waals surface area contributed by atoms with Gasteiger partial charge in [-0.2, -0.15) is 0 Å². The lowest BCUT2D eigenvalue weighted by atomic mass is 10.1. The lowest BCUT2D eigenvalue weighted by Gasteiger charge is -2.16. The van der Waals surface area contributed by atoms with Gasteiger partial charge in [-0.3, -0.25) is 0 Å². The average molecular weight is 259 g/mol. The Labute approximate surface area is 103 Å². The lowest BCUT2D eigenvalue weighted by Crippen LogP contribution is -2.18. The van der Waals surface area contributed by atoms with Gasteiger partial charge in [-0.15, -0.1) is 0 Å². The van der Waals surface area contributed by atoms with Crippen molar-refractivity contribution in [2.24, 2.45) is 0 Å². The molecule has 3 N–H and O–H groups in total. The number of hydrogen-bond donors (Lipinski definition) is 3. The molecule has 0 fully saturated rings. The Balaban J connectivity index is 2.86. The van der Waals surface area contributed by atoms with Crippen LogP contribution in [0.1, 0.15) is 30.1 Å². The van der Waals surface area contributed by atoms with Gasteiger partial charge < -0.3 is 15.5 Å². The largest absolute Gasteiger partial charge is 0.478 e. The van der Waals surface area contributed by atoms with Crippen LogP contribution in [0.25, 0.3) is 0 Å². The van der Waals surface area contributed by atoms with E-state index in [1.807, 2.05) is 0 Å². The second kappa shape index (κ2) is 6.30. The van der Waals surface area contributed by atoms with Gasteiger partial charge in [0.05, 0.1) is 5.56 Å². The summed E-state index contributed by atoms with van der Waals surface area (Å²) >= 11 is 0. The van der Waals surface area contributed by atoms with Gasteiger partial charge in [0.1, 0.15) is 17.3 Å². The molecular formula is C12H15F2NO3. The Hall–Kier alpha value is -1.69. The van der Waals surface area contributed by atoms with E-state index in [1.165, 1.54) is 0 Å². The van der Waals surface area contributed by atoms with E-state index in [1.54, 1.807) is 6.92 Å². The standard InChI is InChI=1S/C12H15F2NO3/c1-7(3-2-4-16)15-11-9(13)5-8(12(17)18)6-10(11)14/h5-7,15-16H,2-4H2,1H3,(H,17,18). The number of carboxylic acids is 1. The van der Waals surface area contributed by atoms with Crippen LogP contribution in [-0.2, 0) is 0 Å². The minimum Gasteiger partial charge on any atom is -0.478 e. The van der Waals surface area contributed by atoms with Crippen molar-refractivity contribution in [2.45, 2.75) is 25.8 Å². The predicted octanol–water partition coefficient (Wildman–Crippen LogP) is 2.24. The molecule has 0 spiro atoms. The third-order valence-electron chi connectivity index (χ3n) is 2.48. The second-order valence-electron chi connectivity index (χ2n) is 4.03. The Morgan fingerprint density at radius 1 is 1.39 bits per heavy atom. The van der Waals surface area contributed by atoms with Gasteiger partial charge in [-0.25, -0.2) is 13.6 Å². The zero-order valence-corrected chi connectivity index (χ0v) is 9.91. The number of anilines is 1. The number of aliphatic hydroxyl groups is 1. The summed E-state index contributed by atoms with van der Waals surface area (Å²) < 4.78 is 27.1. The Morgan fingerprint density at radius 3 is 2.39 bits per heavy atom. The van der Waals surface area contributed by atoms with Crippen molar-refractivity contribution in [3.05, 3.63) is 29.3 Å². The van der Waals surface area contributed by atoms with Crippen LogP contribution < -0.4 is 5.32 Å². The minimum atomic E-state index is -1.38. The van der Waals surface area contributed by atoms with Gasteiger partial charge in [0.2, 0.25) is 0 Å². The molecule has 0 saturated heterocycles. The summed E-state index contributed by atoms with van der Waals surface area (Å²) in [7, 11) is 0. The van der Waals surface area contributed by atoms with E-state index in [9.17, 15) is 13.6 Å². The summed E-state index contributed by atoms with van der Waals surface area (Å²) in [4.78, 5) is 10.6. The van der Waals surface area contributed by atoms with E-state index in [0.717, 1.165) is 12.1 Å². The number of hydrogen-bond acceptors (Lipinski definition) is 3. The Morgan fingerprint density at radius 2 is 1.94 bits per heavy atom. The summed E-state index contributed by atoms with van der Waals surface area (Å²) in [6, 6.07) is 1.32. The van der Waals surface area contributed by atoms with Crippen LogP contribution in [0.4, 0.5) is 14.5 Å². The number of halogens is 2. The molecule has 1 rings (SSSR count). The number of carboxylic acid groups (broad SMARTS) is 1. The molecule has 1 unspecified atom stereocenters. The number of nitrogens with one attached hydrogen (secondary N) is 1. The third kappa shape index (κ3) is 3.66. The van der Waals surface area contributed by atoms with E-state index in [4.69, 9.17) is 10.2 Å². The summed E-state index contributed by atoms with van der Waals surface area (Å²) in [5, 5.41) is 19.9. The molecule has 0 heterocycles. The smallest absolute Gasteiger partial charge is 0.335 e. The normalized spacial score (nSPS) is 12.2. The van der Waals surface area contributed by atoms with Gasteiger partial charge in [-0.05, 0) is 31.9 Å². The fourth-order valence-corrected chi connectivity index (χ4v) is 1.55. The monoisotopic (exact) mass is 259 g/mol. The summed E-state index contributed by atoms with van der Waals surface area (Å²) in [5.74, 6) is -3.26. The van der Waals surface area contributed by atoms with Crippen molar-refractivity contribution in [2.75, 3.05) is 11.9 Å². The van der Waals surface area contributed by atoms with Crippen LogP contribution in [0.2, 0.25) is 0 Å². The SMILES string of the molecule is CC(CCCO)Nc1c(F)cc(C(=O)O)cc1F. The van der Waals surface area contributed by atoms with Crippen LogP contribution >= 0.6 is 0 Å². The highest BCUT2D eigenvalue weighted by Crippen LogP contribution is 2.22. The van der Waals surface area contributed by atoms with Crippen LogP contribution in [0, 0.1) is 11.6 Å². The van der Waals surface area contributed by atoms with Crippen molar-refractivity contribution in [1.82, 2.24) is 0 Å². The topological polar surface area (TPSA) is 69.6 Å². The predicted molar refractivity (Wildman–Crippen MR) is 62.7 cm³/mol. The molecule has 0 aliphatic carbocycles. The number of aromatic carboxylic acids is 1. The Kier molecular flexibility index (Phi) is 5.03. The van der Waals surface area contributed by atoms with Crippen LogP contribution in [0.15, 0.2) is 12.1 Å². The molecule has 4 nitrogen and oxygen atoms in total. The van der Waals surface area contributed by atoms with Crippen molar-refractivity contribution in [3.8, 4) is 0 Å². The molecule has 0 bridgehead atoms. The van der Waals surface area contributed by atoms with Gasteiger partial charge in [0.25, 0.3) is 0 Å². The van der Waals surface area contributed by atoms with Crippen molar-refractivity contribution >= 4 is 11.7 Å². The molecule has 0 aliphatic heterocycles. The zero-order valence-electron chi connectivity index (χ0n) is 9.91. The van der Waals surface area contributed by atoms with Crippen molar-refractivity contribution < 1.29 is 23.8 Å². The highest BCUT2D eigenvalue weighted by atomic mass is 19.1. The molecule has 0 saturated carbocycles. The van der Waals surface area contributed by atoms with Crippen molar-refractivity contribution in [3.63, 3.8) is 0 Å². The van der Waals surface area contributed by atoms with Crippen LogP contribution in [0.5, 0.6) is 0 Å². The fourth-order valence-electron chi connectivity index (χ4n) is 1.55. The quantitative estimate of drug-likeness (QED) is 0.732. The van der Waals surface area contributed by atoms with E-state index in [-0.39, 0.29) is 18.3 Å². The molecule has 0 aromatic heterocycles. The first-order chi connectivity index (χ1) is 8.45. The van der Waals surface area contributed by atoms with Crippen LogP contribution in [0.3, 0.4) is 0 Å². The summed E-state index contributed by atoms with van der Waals surface area (Å²) in [6.45, 7) is 1.73. The molecule has 0 radical (unpaired) electrons. The van der Waals surface area contributed by atoms with Crippen LogP contribution in [-0.4, -0.2) is 28.8 Å². The lowest BCUT2D eigenvalue weighted by molar-refractivity contribution is 0.0696. The number of carbonyl (C=O) groups is 1. The second-order valence-corrected chi connectivity index (χ2v) is 4.03. The minimum absolute atomic E-state index is 0.00887. The molecule has 0 aliphatic rings. The van der Waals surface area contributed by atoms with Gasteiger partial charge in [0, 0.05) is 12.6 Å². The van der Waals surface area contributed by atoms with E-state index in [2.05, 4.69) is 5.32 Å². The number of aliphatic hydroxyl groups excluding tert-OH is 1. The maximum absolute atomic E-state index is 13.5.